The van der Waals surface area contributed by atoms with Gasteiger partial charge in [0.25, 0.3) is 5.91 Å². The molecule has 0 atom stereocenters. The van der Waals surface area contributed by atoms with Crippen molar-refractivity contribution in [2.45, 2.75) is 0 Å². The Kier molecular flexibility index (Phi) is 5.58. The summed E-state index contributed by atoms with van der Waals surface area (Å²) in [5, 5.41) is 3.56. The van der Waals surface area contributed by atoms with E-state index in [2.05, 4.69) is 26.1 Å². The summed E-state index contributed by atoms with van der Waals surface area (Å²) >= 11 is 6.13. The number of nitrogens with zero attached hydrogens (tertiary/aromatic N) is 2. The van der Waals surface area contributed by atoms with Crippen LogP contribution in [-0.2, 0) is 0 Å². The van der Waals surface area contributed by atoms with E-state index in [1.165, 1.54) is 6.33 Å². The number of methoxy groups -OCH3 is 1. The summed E-state index contributed by atoms with van der Waals surface area (Å²) in [6.07, 6.45) is 1.32. The predicted octanol–water partition coefficient (Wildman–Crippen LogP) is 3.22. The minimum atomic E-state index is -0.351. The number of amides is 1. The fourth-order valence-electron chi connectivity index (χ4n) is 2.22. The molecule has 0 radical (unpaired) electrons. The predicted molar refractivity (Wildman–Crippen MR) is 105 cm³/mol. The summed E-state index contributed by atoms with van der Waals surface area (Å²) < 4.78 is 5.07. The molecule has 0 bridgehead atoms. The molecule has 0 aliphatic rings. The average molecular weight is 385 g/mol. The van der Waals surface area contributed by atoms with Crippen molar-refractivity contribution in [2.24, 2.45) is 0 Å². The summed E-state index contributed by atoms with van der Waals surface area (Å²) in [5.41, 5.74) is 12.7. The number of hydrogen-bond acceptors (Lipinski definition) is 7. The highest BCUT2D eigenvalue weighted by atomic mass is 35.5. The third-order valence-corrected chi connectivity index (χ3v) is 3.99. The lowest BCUT2D eigenvalue weighted by Gasteiger charge is -2.13. The maximum absolute atomic E-state index is 12.2. The van der Waals surface area contributed by atoms with Crippen LogP contribution >= 0.6 is 11.6 Å². The molecule has 1 heterocycles. The van der Waals surface area contributed by atoms with Crippen molar-refractivity contribution in [3.8, 4) is 5.75 Å². The van der Waals surface area contributed by atoms with Crippen LogP contribution in [0.2, 0.25) is 5.02 Å². The molecule has 0 unspecified atom stereocenters. The van der Waals surface area contributed by atoms with Crippen LogP contribution < -0.4 is 26.6 Å². The molecule has 0 aliphatic carbocycles. The van der Waals surface area contributed by atoms with Gasteiger partial charge in [0.05, 0.1) is 17.8 Å². The number of hydrazine groups is 1. The number of para-hydroxylation sites is 1. The van der Waals surface area contributed by atoms with Crippen LogP contribution in [0.3, 0.4) is 0 Å². The lowest BCUT2D eigenvalue weighted by Crippen LogP contribution is -2.30. The van der Waals surface area contributed by atoms with E-state index in [4.69, 9.17) is 22.1 Å². The fourth-order valence-corrected chi connectivity index (χ4v) is 2.40. The number of hydrogen-bond donors (Lipinski definition) is 4. The molecule has 138 valence electrons. The van der Waals surface area contributed by atoms with E-state index in [1.807, 2.05) is 12.1 Å². The van der Waals surface area contributed by atoms with Gasteiger partial charge in [0.2, 0.25) is 0 Å². The zero-order valence-corrected chi connectivity index (χ0v) is 15.1. The van der Waals surface area contributed by atoms with Crippen LogP contribution in [0.1, 0.15) is 10.4 Å². The molecule has 27 heavy (non-hydrogen) atoms. The van der Waals surface area contributed by atoms with E-state index in [9.17, 15) is 4.79 Å². The molecule has 3 aromatic rings. The molecule has 5 N–H and O–H groups in total. The van der Waals surface area contributed by atoms with Crippen LogP contribution in [-0.4, -0.2) is 23.0 Å². The summed E-state index contributed by atoms with van der Waals surface area (Å²) in [6.45, 7) is 0. The molecule has 0 saturated carbocycles. The lowest BCUT2D eigenvalue weighted by atomic mass is 10.2. The molecule has 8 nitrogen and oxygen atoms in total. The Morgan fingerprint density at radius 3 is 2.48 bits per heavy atom. The molecule has 0 saturated heterocycles. The Balaban J connectivity index is 1.70. The average Bonchev–Trinajstić information content (AvgIpc) is 2.70. The minimum absolute atomic E-state index is 0.229. The number of nitrogens with one attached hydrogen (secondary N) is 3. The first kappa shape index (κ1) is 18.3. The van der Waals surface area contributed by atoms with Crippen molar-refractivity contribution in [3.63, 3.8) is 0 Å². The van der Waals surface area contributed by atoms with Gasteiger partial charge in [0.1, 0.15) is 17.8 Å². The molecule has 3 rings (SSSR count). The number of carbonyl (C=O) groups is 1. The van der Waals surface area contributed by atoms with E-state index in [-0.39, 0.29) is 17.4 Å². The second-order valence-electron chi connectivity index (χ2n) is 5.40. The van der Waals surface area contributed by atoms with Gasteiger partial charge in [-0.1, -0.05) is 23.7 Å². The smallest absolute Gasteiger partial charge is 0.269 e. The van der Waals surface area contributed by atoms with Crippen molar-refractivity contribution < 1.29 is 9.53 Å². The van der Waals surface area contributed by atoms with Crippen LogP contribution in [0.4, 0.5) is 23.0 Å². The van der Waals surface area contributed by atoms with Gasteiger partial charge >= 0.3 is 0 Å². The lowest BCUT2D eigenvalue weighted by molar-refractivity contribution is 0.0962. The number of nitrogens with two attached hydrogens (primary N) is 1. The zero-order valence-electron chi connectivity index (χ0n) is 14.4. The number of benzene rings is 2. The van der Waals surface area contributed by atoms with Gasteiger partial charge < -0.3 is 15.8 Å². The first-order valence-electron chi connectivity index (χ1n) is 7.91. The Morgan fingerprint density at radius 2 is 1.78 bits per heavy atom. The van der Waals surface area contributed by atoms with Gasteiger partial charge in [0.15, 0.2) is 11.6 Å². The van der Waals surface area contributed by atoms with Crippen LogP contribution in [0.15, 0.2) is 54.9 Å². The monoisotopic (exact) mass is 384 g/mol. The van der Waals surface area contributed by atoms with Crippen molar-refractivity contribution in [1.82, 2.24) is 15.4 Å². The van der Waals surface area contributed by atoms with Crippen LogP contribution in [0.5, 0.6) is 5.75 Å². The Labute approximate surface area is 160 Å². The van der Waals surface area contributed by atoms with E-state index >= 15 is 0 Å². The van der Waals surface area contributed by atoms with Crippen molar-refractivity contribution in [2.75, 3.05) is 23.6 Å². The first-order valence-corrected chi connectivity index (χ1v) is 8.28. The molecule has 0 spiro atoms. The molecule has 0 aliphatic heterocycles. The van der Waals surface area contributed by atoms with Gasteiger partial charge in [-0.15, -0.1) is 0 Å². The van der Waals surface area contributed by atoms with Crippen LogP contribution in [0, 0.1) is 0 Å². The van der Waals surface area contributed by atoms with Crippen molar-refractivity contribution in [3.05, 3.63) is 65.4 Å². The van der Waals surface area contributed by atoms with Crippen LogP contribution in [0.25, 0.3) is 0 Å². The van der Waals surface area contributed by atoms with Crippen molar-refractivity contribution in [1.29, 1.82) is 0 Å². The standard InChI is InChI=1S/C18H17ClN6O2/c1-27-12-8-6-11(7-9-12)18(26)25-24-17-15(20)16(21-10-22-17)23-14-5-3-2-4-13(14)19/h2-10H,20H2,1H3,(H,25,26)(H2,21,22,23,24). The summed E-state index contributed by atoms with van der Waals surface area (Å²) in [5.74, 6) is 0.923. The number of halogens is 1. The van der Waals surface area contributed by atoms with Gasteiger partial charge in [-0.2, -0.15) is 0 Å². The highest BCUT2D eigenvalue weighted by Gasteiger charge is 2.11. The molecule has 1 aromatic heterocycles. The third kappa shape index (κ3) is 4.36. The first-order chi connectivity index (χ1) is 13.1. The maximum Gasteiger partial charge on any atom is 0.269 e. The van der Waals surface area contributed by atoms with Crippen molar-refractivity contribution >= 4 is 40.5 Å². The topological polar surface area (TPSA) is 114 Å². The highest BCUT2D eigenvalue weighted by Crippen LogP contribution is 2.29. The molecular weight excluding hydrogens is 368 g/mol. The second-order valence-corrected chi connectivity index (χ2v) is 5.80. The summed E-state index contributed by atoms with van der Waals surface area (Å²) in [7, 11) is 1.56. The molecule has 0 fully saturated rings. The van der Waals surface area contributed by atoms with E-state index < -0.39 is 0 Å². The zero-order chi connectivity index (χ0) is 19.2. The normalized spacial score (nSPS) is 10.1. The SMILES string of the molecule is COc1ccc(C(=O)NNc2ncnc(Nc3ccccc3Cl)c2N)cc1. The maximum atomic E-state index is 12.2. The molecule has 1 amide bonds. The molecule has 2 aromatic carbocycles. The quantitative estimate of drug-likeness (QED) is 0.482. The van der Waals surface area contributed by atoms with E-state index in [0.29, 0.717) is 27.8 Å². The number of anilines is 4. The minimum Gasteiger partial charge on any atom is -0.497 e. The fraction of sp³-hybridized carbons (Fsp3) is 0.0556. The number of carbonyl (C=O) groups excluding carboxylic acids is 1. The Bertz CT molecular complexity index is 949. The summed E-state index contributed by atoms with van der Waals surface area (Å²) in [6, 6.07) is 13.9. The van der Waals surface area contributed by atoms with Gasteiger partial charge in [0, 0.05) is 5.56 Å². The Morgan fingerprint density at radius 1 is 1.07 bits per heavy atom. The van der Waals surface area contributed by atoms with Gasteiger partial charge in [-0.3, -0.25) is 15.6 Å². The Hall–Kier alpha value is -3.52. The highest BCUT2D eigenvalue weighted by molar-refractivity contribution is 6.33. The second kappa shape index (κ2) is 8.24. The number of rotatable bonds is 6. The summed E-state index contributed by atoms with van der Waals surface area (Å²) in [4.78, 5) is 20.4. The number of ether oxygens (including phenoxy) is 1. The number of aromatic nitrogens is 2. The third-order valence-electron chi connectivity index (χ3n) is 3.66. The van der Waals surface area contributed by atoms with E-state index in [1.54, 1.807) is 43.5 Å². The molecule has 9 heteroatoms. The largest absolute Gasteiger partial charge is 0.497 e. The van der Waals surface area contributed by atoms with Gasteiger partial charge in [-0.05, 0) is 36.4 Å². The van der Waals surface area contributed by atoms with Gasteiger partial charge in [-0.25, -0.2) is 9.97 Å². The number of nitrogen functional groups attached to an aromatic ring is 1. The molecular formula is C18H17ClN6O2. The van der Waals surface area contributed by atoms with E-state index in [0.717, 1.165) is 0 Å².